The average molecular weight is 299 g/mol. The Balaban J connectivity index is 2.53. The Morgan fingerprint density at radius 1 is 1.29 bits per heavy atom. The number of hydrogen-bond acceptors (Lipinski definition) is 1. The van der Waals surface area contributed by atoms with Crippen LogP contribution in [0.3, 0.4) is 0 Å². The summed E-state index contributed by atoms with van der Waals surface area (Å²) in [5, 5.41) is 6.07. The van der Waals surface area contributed by atoms with Gasteiger partial charge in [0.15, 0.2) is 5.96 Å². The summed E-state index contributed by atoms with van der Waals surface area (Å²) < 4.78 is 37.8. The minimum absolute atomic E-state index is 0.285. The van der Waals surface area contributed by atoms with Crippen LogP contribution in [0.15, 0.2) is 41.4 Å². The third-order valence-corrected chi connectivity index (χ3v) is 2.78. The monoisotopic (exact) mass is 299 g/mol. The van der Waals surface area contributed by atoms with Crippen LogP contribution < -0.4 is 10.6 Å². The number of nitrogens with one attached hydrogen (secondary N) is 2. The molecule has 21 heavy (non-hydrogen) atoms. The van der Waals surface area contributed by atoms with Crippen LogP contribution in [0.2, 0.25) is 0 Å². The minimum Gasteiger partial charge on any atom is -0.356 e. The Morgan fingerprint density at radius 2 is 2.05 bits per heavy atom. The fourth-order valence-electron chi connectivity index (χ4n) is 1.70. The van der Waals surface area contributed by atoms with Crippen molar-refractivity contribution in [3.8, 4) is 0 Å². The van der Waals surface area contributed by atoms with E-state index in [0.717, 1.165) is 18.6 Å². The van der Waals surface area contributed by atoms with E-state index in [1.54, 1.807) is 13.1 Å². The fourth-order valence-corrected chi connectivity index (χ4v) is 1.70. The summed E-state index contributed by atoms with van der Waals surface area (Å²) in [6, 6.07) is 5.26. The molecule has 0 unspecified atom stereocenters. The number of alkyl halides is 3. The molecular weight excluding hydrogens is 279 g/mol. The van der Waals surface area contributed by atoms with E-state index in [1.807, 2.05) is 19.1 Å². The standard InChI is InChI=1S/C15H20F3N3/c1-3-4-5-9-20-14(19-2)21-11-12-7-6-8-13(10-12)15(16,17)18/h3-4,6-8,10H,5,9,11H2,1-2H3,(H2,19,20,21)/b4-3+. The Bertz CT molecular complexity index is 493. The quantitative estimate of drug-likeness (QED) is 0.379. The Kier molecular flexibility index (Phi) is 6.78. The predicted molar refractivity (Wildman–Crippen MR) is 79.1 cm³/mol. The van der Waals surface area contributed by atoms with E-state index in [4.69, 9.17) is 0 Å². The topological polar surface area (TPSA) is 36.4 Å². The van der Waals surface area contributed by atoms with Gasteiger partial charge in [0.1, 0.15) is 0 Å². The van der Waals surface area contributed by atoms with E-state index in [0.29, 0.717) is 18.1 Å². The fraction of sp³-hybridized carbons (Fsp3) is 0.400. The van der Waals surface area contributed by atoms with Crippen molar-refractivity contribution in [2.45, 2.75) is 26.1 Å². The first-order valence-corrected chi connectivity index (χ1v) is 6.69. The second kappa shape index (κ2) is 8.34. The minimum atomic E-state index is -4.32. The van der Waals surface area contributed by atoms with Gasteiger partial charge >= 0.3 is 6.18 Å². The van der Waals surface area contributed by atoms with Crippen LogP contribution in [0.4, 0.5) is 13.2 Å². The Labute approximate surface area is 123 Å². The average Bonchev–Trinajstić information content (AvgIpc) is 2.46. The van der Waals surface area contributed by atoms with Crippen LogP contribution >= 0.6 is 0 Å². The molecule has 0 aliphatic carbocycles. The highest BCUT2D eigenvalue weighted by Gasteiger charge is 2.30. The molecule has 1 aromatic rings. The lowest BCUT2D eigenvalue weighted by molar-refractivity contribution is -0.137. The second-order valence-corrected chi connectivity index (χ2v) is 4.41. The van der Waals surface area contributed by atoms with Crippen molar-refractivity contribution in [3.63, 3.8) is 0 Å². The molecule has 0 aliphatic rings. The van der Waals surface area contributed by atoms with Gasteiger partial charge in [-0.05, 0) is 31.0 Å². The molecule has 0 aromatic heterocycles. The maximum Gasteiger partial charge on any atom is 0.416 e. The van der Waals surface area contributed by atoms with E-state index in [2.05, 4.69) is 15.6 Å². The molecule has 0 saturated carbocycles. The highest BCUT2D eigenvalue weighted by molar-refractivity contribution is 5.79. The second-order valence-electron chi connectivity index (χ2n) is 4.41. The van der Waals surface area contributed by atoms with Crippen molar-refractivity contribution in [2.24, 2.45) is 4.99 Å². The van der Waals surface area contributed by atoms with Gasteiger partial charge in [-0.3, -0.25) is 4.99 Å². The molecule has 6 heteroatoms. The molecule has 0 atom stereocenters. The Morgan fingerprint density at radius 3 is 2.67 bits per heavy atom. The summed E-state index contributed by atoms with van der Waals surface area (Å²) in [4.78, 5) is 4.02. The predicted octanol–water partition coefficient (Wildman–Crippen LogP) is 3.34. The third kappa shape index (κ3) is 6.33. The molecule has 2 N–H and O–H groups in total. The smallest absolute Gasteiger partial charge is 0.356 e. The molecule has 1 rings (SSSR count). The first kappa shape index (κ1) is 17.1. The van der Waals surface area contributed by atoms with Crippen molar-refractivity contribution in [3.05, 3.63) is 47.5 Å². The number of aliphatic imine (C=N–C) groups is 1. The van der Waals surface area contributed by atoms with E-state index in [9.17, 15) is 13.2 Å². The molecular formula is C15H20F3N3. The molecule has 0 spiro atoms. The number of allylic oxidation sites excluding steroid dienone is 1. The molecule has 1 aromatic carbocycles. The van der Waals surface area contributed by atoms with Crippen molar-refractivity contribution in [1.82, 2.24) is 10.6 Å². The summed E-state index contributed by atoms with van der Waals surface area (Å²) in [5.74, 6) is 0.567. The lowest BCUT2D eigenvalue weighted by atomic mass is 10.1. The summed E-state index contributed by atoms with van der Waals surface area (Å²) in [5.41, 5.74) is -0.0842. The molecule has 0 saturated heterocycles. The van der Waals surface area contributed by atoms with Gasteiger partial charge < -0.3 is 10.6 Å². The van der Waals surface area contributed by atoms with E-state index in [1.165, 1.54) is 6.07 Å². The van der Waals surface area contributed by atoms with Gasteiger partial charge in [-0.15, -0.1) is 0 Å². The zero-order valence-electron chi connectivity index (χ0n) is 12.2. The van der Waals surface area contributed by atoms with Gasteiger partial charge in [-0.25, -0.2) is 0 Å². The molecule has 0 amide bonds. The number of hydrogen-bond donors (Lipinski definition) is 2. The summed E-state index contributed by atoms with van der Waals surface area (Å²) in [7, 11) is 1.62. The molecule has 0 bridgehead atoms. The summed E-state index contributed by atoms with van der Waals surface area (Å²) >= 11 is 0. The number of guanidine groups is 1. The number of nitrogens with zero attached hydrogens (tertiary/aromatic N) is 1. The van der Waals surface area contributed by atoms with Gasteiger partial charge in [-0.2, -0.15) is 13.2 Å². The third-order valence-electron chi connectivity index (χ3n) is 2.78. The van der Waals surface area contributed by atoms with Gasteiger partial charge in [0.05, 0.1) is 5.56 Å². The van der Waals surface area contributed by atoms with Crippen LogP contribution in [0.5, 0.6) is 0 Å². The van der Waals surface area contributed by atoms with Gasteiger partial charge in [0, 0.05) is 20.1 Å². The van der Waals surface area contributed by atoms with Crippen LogP contribution in [-0.4, -0.2) is 19.6 Å². The summed E-state index contributed by atoms with van der Waals surface area (Å²) in [6.45, 7) is 2.94. The van der Waals surface area contributed by atoms with Crippen molar-refractivity contribution >= 4 is 5.96 Å². The first-order chi connectivity index (χ1) is 9.97. The first-order valence-electron chi connectivity index (χ1n) is 6.69. The van der Waals surface area contributed by atoms with E-state index >= 15 is 0 Å². The lowest BCUT2D eigenvalue weighted by Crippen LogP contribution is -2.37. The zero-order chi connectivity index (χ0) is 15.7. The van der Waals surface area contributed by atoms with E-state index < -0.39 is 11.7 Å². The van der Waals surface area contributed by atoms with Crippen molar-refractivity contribution < 1.29 is 13.2 Å². The molecule has 0 aliphatic heterocycles. The Hall–Kier alpha value is -1.98. The largest absolute Gasteiger partial charge is 0.416 e. The highest BCUT2D eigenvalue weighted by Crippen LogP contribution is 2.29. The number of benzene rings is 1. The van der Waals surface area contributed by atoms with Crippen molar-refractivity contribution in [2.75, 3.05) is 13.6 Å². The molecule has 0 radical (unpaired) electrons. The van der Waals surface area contributed by atoms with E-state index in [-0.39, 0.29) is 6.54 Å². The van der Waals surface area contributed by atoms with Crippen LogP contribution in [0, 0.1) is 0 Å². The highest BCUT2D eigenvalue weighted by atomic mass is 19.4. The molecule has 116 valence electrons. The van der Waals surface area contributed by atoms with Gasteiger partial charge in [-0.1, -0.05) is 24.3 Å². The lowest BCUT2D eigenvalue weighted by Gasteiger charge is -2.12. The maximum absolute atomic E-state index is 12.6. The molecule has 0 heterocycles. The normalized spacial score (nSPS) is 12.7. The zero-order valence-corrected chi connectivity index (χ0v) is 12.2. The molecule has 0 fully saturated rings. The maximum atomic E-state index is 12.6. The SMILES string of the molecule is C/C=C/CCNC(=NC)NCc1cccc(C(F)(F)F)c1. The van der Waals surface area contributed by atoms with Gasteiger partial charge in [0.2, 0.25) is 0 Å². The molecule has 3 nitrogen and oxygen atoms in total. The van der Waals surface area contributed by atoms with Crippen LogP contribution in [-0.2, 0) is 12.7 Å². The number of rotatable bonds is 5. The van der Waals surface area contributed by atoms with Crippen LogP contribution in [0.1, 0.15) is 24.5 Å². The van der Waals surface area contributed by atoms with Gasteiger partial charge in [0.25, 0.3) is 0 Å². The summed E-state index contributed by atoms with van der Waals surface area (Å²) in [6.07, 6.45) is 0.525. The number of halogens is 3. The van der Waals surface area contributed by atoms with Crippen LogP contribution in [0.25, 0.3) is 0 Å². The van der Waals surface area contributed by atoms with Crippen molar-refractivity contribution in [1.29, 1.82) is 0 Å².